The Balaban J connectivity index is 0.00000210. The van der Waals surface area contributed by atoms with Gasteiger partial charge in [0, 0.05) is 43.4 Å². The van der Waals surface area contributed by atoms with Crippen LogP contribution >= 0.6 is 11.6 Å². The Hall–Kier alpha value is -2.72. The van der Waals surface area contributed by atoms with Gasteiger partial charge in [0.25, 0.3) is 10.0 Å². The van der Waals surface area contributed by atoms with E-state index in [-0.39, 0.29) is 33.8 Å². The third-order valence-corrected chi connectivity index (χ3v) is 7.56. The van der Waals surface area contributed by atoms with Crippen LogP contribution in [0.4, 0.5) is 20.3 Å². The van der Waals surface area contributed by atoms with Gasteiger partial charge >= 0.3 is 0 Å². The smallest absolute Gasteiger partial charge is 0.265 e. The molecule has 2 heterocycles. The first-order valence-corrected chi connectivity index (χ1v) is 13.1. The molecule has 1 aromatic heterocycles. The van der Waals surface area contributed by atoms with Crippen LogP contribution in [0.5, 0.6) is 0 Å². The molecule has 1 aliphatic heterocycles. The van der Waals surface area contributed by atoms with Crippen LogP contribution in [0.2, 0.25) is 5.02 Å². The van der Waals surface area contributed by atoms with Gasteiger partial charge in [0.1, 0.15) is 22.3 Å². The lowest BCUT2D eigenvalue weighted by Gasteiger charge is -2.35. The van der Waals surface area contributed by atoms with E-state index < -0.39 is 26.6 Å². The van der Waals surface area contributed by atoms with E-state index in [0.717, 1.165) is 24.0 Å². The standard InChI is InChI=1S/C22H25ClF2N4O3S.C2H6/c1-12(13(2)30)18-8-5-14(11-29(18)4)20-16(25)6-7-17(21(20)23)28-33(31,32)19-9-15(24)10-27-22(19)26-3;1-2/h6-7,9-10,14,28H,5,8,11H2,1-4H3,(H,26,27);1-2H3/b18-12+;/t14-;/m1./s1. The number of aromatic nitrogens is 1. The second-order valence-electron chi connectivity index (χ2n) is 7.92. The first-order valence-electron chi connectivity index (χ1n) is 11.2. The van der Waals surface area contributed by atoms with E-state index in [9.17, 15) is 22.0 Å². The van der Waals surface area contributed by atoms with Crippen LogP contribution in [0.15, 0.2) is 40.6 Å². The molecule has 0 saturated carbocycles. The summed E-state index contributed by atoms with van der Waals surface area (Å²) < 4.78 is 56.7. The predicted molar refractivity (Wildman–Crippen MR) is 135 cm³/mol. The van der Waals surface area contributed by atoms with Gasteiger partial charge in [0.2, 0.25) is 0 Å². The molecule has 1 saturated heterocycles. The number of anilines is 2. The molecule has 7 nitrogen and oxygen atoms in total. The number of benzene rings is 1. The van der Waals surface area contributed by atoms with Crippen molar-refractivity contribution in [2.45, 2.75) is 51.3 Å². The van der Waals surface area contributed by atoms with Gasteiger partial charge in [-0.15, -0.1) is 0 Å². The van der Waals surface area contributed by atoms with E-state index >= 15 is 0 Å². The number of ketones is 1. The highest BCUT2D eigenvalue weighted by Crippen LogP contribution is 2.40. The van der Waals surface area contributed by atoms with E-state index in [4.69, 9.17) is 11.6 Å². The number of rotatable bonds is 6. The summed E-state index contributed by atoms with van der Waals surface area (Å²) >= 11 is 6.49. The fourth-order valence-electron chi connectivity index (χ4n) is 3.98. The van der Waals surface area contributed by atoms with Crippen LogP contribution in [0.1, 0.15) is 52.0 Å². The first-order chi connectivity index (χ1) is 16.5. The van der Waals surface area contributed by atoms with E-state index in [1.54, 1.807) is 6.92 Å². The van der Waals surface area contributed by atoms with Crippen LogP contribution in [-0.2, 0) is 14.8 Å². The van der Waals surface area contributed by atoms with Crippen molar-refractivity contribution in [2.75, 3.05) is 30.7 Å². The normalized spacial score (nSPS) is 17.3. The first kappa shape index (κ1) is 28.5. The molecule has 1 aliphatic rings. The lowest BCUT2D eigenvalue weighted by Crippen LogP contribution is -2.31. The van der Waals surface area contributed by atoms with Crippen molar-refractivity contribution in [1.82, 2.24) is 9.88 Å². The number of Topliss-reactive ketones (excluding diaryl/α,β-unsaturated/α-hetero) is 1. The summed E-state index contributed by atoms with van der Waals surface area (Å²) in [4.78, 5) is 17.0. The maximum Gasteiger partial charge on any atom is 0.265 e. The van der Waals surface area contributed by atoms with E-state index in [2.05, 4.69) is 15.0 Å². The molecule has 0 amide bonds. The van der Waals surface area contributed by atoms with Crippen molar-refractivity contribution in [2.24, 2.45) is 0 Å². The van der Waals surface area contributed by atoms with Crippen molar-refractivity contribution < 1.29 is 22.0 Å². The molecule has 1 atom stereocenters. The highest BCUT2D eigenvalue weighted by molar-refractivity contribution is 7.92. The molecule has 2 aromatic rings. The van der Waals surface area contributed by atoms with Crippen molar-refractivity contribution in [3.8, 4) is 0 Å². The summed E-state index contributed by atoms with van der Waals surface area (Å²) in [6, 6.07) is 3.21. The zero-order chi connectivity index (χ0) is 26.5. The average Bonchev–Trinajstić information content (AvgIpc) is 2.82. The summed E-state index contributed by atoms with van der Waals surface area (Å²) in [6.07, 6.45) is 1.98. The SMILES string of the molecule is CC.CNc1ncc(F)cc1S(=O)(=O)Nc1ccc(F)c([C@@H]2CC/C(=C(/C)C(C)=O)N(C)C2)c1Cl. The number of hydrogen-bond donors (Lipinski definition) is 2. The van der Waals surface area contributed by atoms with Crippen LogP contribution in [0.25, 0.3) is 0 Å². The summed E-state index contributed by atoms with van der Waals surface area (Å²) in [5.41, 5.74) is 1.72. The number of likely N-dealkylation sites (tertiary alicyclic amines) is 1. The van der Waals surface area contributed by atoms with E-state index in [1.165, 1.54) is 20.0 Å². The minimum absolute atomic E-state index is 0.0244. The molecule has 0 radical (unpaired) electrons. The number of carbonyl (C=O) groups excluding carboxylic acids is 1. The number of allylic oxidation sites excluding steroid dienone is 2. The molecule has 0 unspecified atom stereocenters. The summed E-state index contributed by atoms with van der Waals surface area (Å²) in [5, 5.41) is 2.54. The lowest BCUT2D eigenvalue weighted by atomic mass is 9.87. The Kier molecular flexibility index (Phi) is 9.62. The molecule has 0 aliphatic carbocycles. The largest absolute Gasteiger partial charge is 0.377 e. The summed E-state index contributed by atoms with van der Waals surface area (Å²) in [5.74, 6) is -1.77. The number of carbonyl (C=O) groups is 1. The zero-order valence-corrected chi connectivity index (χ0v) is 22.2. The van der Waals surface area contributed by atoms with Crippen LogP contribution in [0, 0.1) is 11.6 Å². The highest BCUT2D eigenvalue weighted by atomic mass is 35.5. The van der Waals surface area contributed by atoms with E-state index in [1.807, 2.05) is 25.8 Å². The van der Waals surface area contributed by atoms with Crippen molar-refractivity contribution >= 4 is 38.9 Å². The Bertz CT molecular complexity index is 1240. The van der Waals surface area contributed by atoms with Gasteiger partial charge in [0.05, 0.1) is 16.9 Å². The number of nitrogens with zero attached hydrogens (tertiary/aromatic N) is 2. The molecular formula is C24H31ClF2N4O3S. The second kappa shape index (κ2) is 11.8. The predicted octanol–water partition coefficient (Wildman–Crippen LogP) is 5.55. The van der Waals surface area contributed by atoms with Crippen LogP contribution in [0.3, 0.4) is 0 Å². The number of likely N-dealkylation sites (N-methyl/N-ethyl adjacent to an activating group) is 1. The zero-order valence-electron chi connectivity index (χ0n) is 20.7. The molecule has 11 heteroatoms. The Morgan fingerprint density at radius 3 is 2.46 bits per heavy atom. The van der Waals surface area contributed by atoms with Crippen molar-refractivity contribution in [1.29, 1.82) is 0 Å². The molecule has 3 rings (SSSR count). The fraction of sp³-hybridized carbons (Fsp3) is 0.417. The fourth-order valence-corrected chi connectivity index (χ4v) is 5.64. The van der Waals surface area contributed by atoms with Gasteiger partial charge in [-0.1, -0.05) is 25.4 Å². The Labute approximate surface area is 210 Å². The van der Waals surface area contributed by atoms with Crippen LogP contribution in [-0.4, -0.2) is 44.7 Å². The van der Waals surface area contributed by atoms with Gasteiger partial charge in [-0.05, 0) is 44.9 Å². The molecular weight excluding hydrogens is 498 g/mol. The van der Waals surface area contributed by atoms with Gasteiger partial charge in [-0.25, -0.2) is 22.2 Å². The Morgan fingerprint density at radius 2 is 1.89 bits per heavy atom. The minimum atomic E-state index is -4.28. The summed E-state index contributed by atoms with van der Waals surface area (Å²) in [7, 11) is -1.00. The van der Waals surface area contributed by atoms with Gasteiger partial charge in [-0.2, -0.15) is 0 Å². The third kappa shape index (κ3) is 6.29. The second-order valence-corrected chi connectivity index (χ2v) is 9.95. The molecule has 192 valence electrons. The molecule has 0 spiro atoms. The van der Waals surface area contributed by atoms with Crippen molar-refractivity contribution in [3.63, 3.8) is 0 Å². The highest BCUT2D eigenvalue weighted by Gasteiger charge is 2.30. The summed E-state index contributed by atoms with van der Waals surface area (Å²) in [6.45, 7) is 7.67. The minimum Gasteiger partial charge on any atom is -0.377 e. The number of hydrogen-bond acceptors (Lipinski definition) is 6. The van der Waals surface area contributed by atoms with E-state index in [0.29, 0.717) is 25.0 Å². The molecule has 1 aromatic carbocycles. The van der Waals surface area contributed by atoms with Gasteiger partial charge in [-0.3, -0.25) is 9.52 Å². The molecule has 35 heavy (non-hydrogen) atoms. The van der Waals surface area contributed by atoms with Crippen LogP contribution < -0.4 is 10.0 Å². The van der Waals surface area contributed by atoms with Crippen molar-refractivity contribution in [3.05, 3.63) is 57.9 Å². The average molecular weight is 529 g/mol. The number of piperidine rings is 1. The monoisotopic (exact) mass is 528 g/mol. The molecule has 0 bridgehead atoms. The number of pyridine rings is 1. The van der Waals surface area contributed by atoms with Gasteiger partial charge < -0.3 is 10.2 Å². The topological polar surface area (TPSA) is 91.4 Å². The Morgan fingerprint density at radius 1 is 1.23 bits per heavy atom. The lowest BCUT2D eigenvalue weighted by molar-refractivity contribution is -0.113. The number of halogens is 3. The number of sulfonamides is 1. The number of nitrogens with one attached hydrogen (secondary N) is 2. The maximum atomic E-state index is 14.8. The molecule has 1 fully saturated rings. The third-order valence-electron chi connectivity index (χ3n) is 5.77. The quantitative estimate of drug-likeness (QED) is 0.477. The van der Waals surface area contributed by atoms with Gasteiger partial charge in [0.15, 0.2) is 5.78 Å². The maximum absolute atomic E-state index is 14.8. The molecule has 2 N–H and O–H groups in total.